The summed E-state index contributed by atoms with van der Waals surface area (Å²) in [6.07, 6.45) is -5.62. The number of aliphatic hydroxyl groups excluding tert-OH is 2. The van der Waals surface area contributed by atoms with Crippen molar-refractivity contribution in [3.05, 3.63) is 104 Å². The van der Waals surface area contributed by atoms with Gasteiger partial charge in [0.15, 0.2) is 11.5 Å². The van der Waals surface area contributed by atoms with E-state index in [0.717, 1.165) is 24.3 Å². The Morgan fingerprint density at radius 2 is 1.78 bits per heavy atom. The van der Waals surface area contributed by atoms with Crippen molar-refractivity contribution in [1.82, 2.24) is 10.2 Å². The quantitative estimate of drug-likeness (QED) is 0.149. The summed E-state index contributed by atoms with van der Waals surface area (Å²) in [6, 6.07) is 10.5. The largest absolute Gasteiger partial charge is 0.493 e. The van der Waals surface area contributed by atoms with Gasteiger partial charge in [0, 0.05) is 36.2 Å². The standard InChI is InChI=1S/C32H29F4IN2O7/c1-45-27-13-19(17-41)12-24(37)29(27)46-26-15-21(30(43)38-10-11-40)14-25(28(26)42)39(16-18-2-8-23(33)9-3-18)31(44)20-4-6-22(7-5-20)32(34,35)36/h2-9,12-13,15,17,25-26,28,40,42H,10-11,14,16H2,1H3,(H,38,43). The summed E-state index contributed by atoms with van der Waals surface area (Å²) in [5, 5.41) is 23.5. The zero-order chi connectivity index (χ0) is 33.6. The Labute approximate surface area is 274 Å². The third kappa shape index (κ3) is 8.22. The second-order valence-electron chi connectivity index (χ2n) is 10.3. The molecule has 0 fully saturated rings. The maximum atomic E-state index is 14.0. The molecule has 3 unspecified atom stereocenters. The molecule has 1 aliphatic rings. The summed E-state index contributed by atoms with van der Waals surface area (Å²) >= 11 is 1.91. The molecule has 14 heteroatoms. The lowest BCUT2D eigenvalue weighted by Gasteiger charge is -2.40. The van der Waals surface area contributed by atoms with Crippen LogP contribution in [0.2, 0.25) is 0 Å². The Hall–Kier alpha value is -4.02. The zero-order valence-electron chi connectivity index (χ0n) is 24.3. The molecule has 4 rings (SSSR count). The molecule has 0 aliphatic heterocycles. The van der Waals surface area contributed by atoms with Crippen LogP contribution in [0.1, 0.15) is 38.3 Å². The molecule has 0 spiro atoms. The third-order valence-electron chi connectivity index (χ3n) is 7.24. The molecule has 3 atom stereocenters. The van der Waals surface area contributed by atoms with Crippen molar-refractivity contribution in [3.63, 3.8) is 0 Å². The van der Waals surface area contributed by atoms with E-state index >= 15 is 0 Å². The van der Waals surface area contributed by atoms with E-state index in [1.165, 1.54) is 54.5 Å². The predicted molar refractivity (Wildman–Crippen MR) is 166 cm³/mol. The van der Waals surface area contributed by atoms with Crippen molar-refractivity contribution in [2.45, 2.75) is 37.4 Å². The minimum absolute atomic E-state index is 0.0857. The second-order valence-corrected chi connectivity index (χ2v) is 11.5. The Balaban J connectivity index is 1.78. The van der Waals surface area contributed by atoms with E-state index in [0.29, 0.717) is 21.0 Å². The number of aliphatic hydroxyl groups is 2. The average Bonchev–Trinajstić information content (AvgIpc) is 3.04. The van der Waals surface area contributed by atoms with E-state index in [-0.39, 0.29) is 48.8 Å². The molecule has 0 saturated carbocycles. The molecule has 2 amide bonds. The molecule has 0 aromatic heterocycles. The van der Waals surface area contributed by atoms with Gasteiger partial charge in [-0.3, -0.25) is 14.4 Å². The topological polar surface area (TPSA) is 125 Å². The number of aldehydes is 1. The predicted octanol–water partition coefficient (Wildman–Crippen LogP) is 4.53. The van der Waals surface area contributed by atoms with Gasteiger partial charge in [0.25, 0.3) is 5.91 Å². The number of carbonyl (C=O) groups is 3. The number of benzene rings is 3. The molecular weight excluding hydrogens is 727 g/mol. The van der Waals surface area contributed by atoms with Gasteiger partial charge >= 0.3 is 6.18 Å². The number of carbonyl (C=O) groups excluding carboxylic acids is 3. The lowest BCUT2D eigenvalue weighted by molar-refractivity contribution is -0.137. The first-order chi connectivity index (χ1) is 21.9. The second kappa shape index (κ2) is 15.0. The highest BCUT2D eigenvalue weighted by molar-refractivity contribution is 14.1. The number of alkyl halides is 3. The van der Waals surface area contributed by atoms with E-state index in [1.807, 2.05) is 22.6 Å². The Kier molecular flexibility index (Phi) is 11.4. The van der Waals surface area contributed by atoms with E-state index in [2.05, 4.69) is 5.32 Å². The number of amides is 2. The first-order valence-electron chi connectivity index (χ1n) is 13.9. The van der Waals surface area contributed by atoms with Crippen LogP contribution in [0.15, 0.2) is 72.3 Å². The van der Waals surface area contributed by atoms with Crippen LogP contribution in [0.3, 0.4) is 0 Å². The first-order valence-corrected chi connectivity index (χ1v) is 14.9. The van der Waals surface area contributed by atoms with Gasteiger partial charge in [0.2, 0.25) is 5.91 Å². The fraction of sp³-hybridized carbons (Fsp3) is 0.281. The smallest absolute Gasteiger partial charge is 0.416 e. The maximum Gasteiger partial charge on any atom is 0.416 e. The Morgan fingerprint density at radius 3 is 2.37 bits per heavy atom. The van der Waals surface area contributed by atoms with Crippen molar-refractivity contribution in [2.75, 3.05) is 20.3 Å². The molecule has 9 nitrogen and oxygen atoms in total. The lowest BCUT2D eigenvalue weighted by Crippen LogP contribution is -2.54. The summed E-state index contributed by atoms with van der Waals surface area (Å²) in [6.45, 7) is -0.654. The first kappa shape index (κ1) is 34.8. The van der Waals surface area contributed by atoms with Crippen LogP contribution in [0.25, 0.3) is 0 Å². The number of nitrogens with zero attached hydrogens (tertiary/aromatic N) is 1. The van der Waals surface area contributed by atoms with Crippen molar-refractivity contribution in [1.29, 1.82) is 0 Å². The molecule has 3 aromatic carbocycles. The Bertz CT molecular complexity index is 1600. The summed E-state index contributed by atoms with van der Waals surface area (Å²) in [7, 11) is 1.35. The summed E-state index contributed by atoms with van der Waals surface area (Å²) in [5.74, 6) is -1.61. The van der Waals surface area contributed by atoms with Crippen molar-refractivity contribution < 1.29 is 51.6 Å². The number of nitrogens with one attached hydrogen (secondary N) is 1. The van der Waals surface area contributed by atoms with Gasteiger partial charge in [-0.25, -0.2) is 4.39 Å². The molecule has 244 valence electrons. The van der Waals surface area contributed by atoms with Crippen molar-refractivity contribution in [2.24, 2.45) is 0 Å². The number of ether oxygens (including phenoxy) is 2. The number of hydrogen-bond acceptors (Lipinski definition) is 7. The molecule has 46 heavy (non-hydrogen) atoms. The minimum Gasteiger partial charge on any atom is -0.493 e. The maximum absolute atomic E-state index is 14.0. The van der Waals surface area contributed by atoms with Gasteiger partial charge < -0.3 is 29.9 Å². The molecule has 1 aliphatic carbocycles. The molecule has 0 radical (unpaired) electrons. The molecule has 0 saturated heterocycles. The highest BCUT2D eigenvalue weighted by Gasteiger charge is 2.41. The van der Waals surface area contributed by atoms with Crippen molar-refractivity contribution in [3.8, 4) is 11.5 Å². The molecular formula is C32H29F4IN2O7. The summed E-state index contributed by atoms with van der Waals surface area (Å²) in [5.41, 5.74) is -0.260. The Morgan fingerprint density at radius 1 is 1.11 bits per heavy atom. The summed E-state index contributed by atoms with van der Waals surface area (Å²) in [4.78, 5) is 39.7. The molecule has 3 N–H and O–H groups in total. The monoisotopic (exact) mass is 756 g/mol. The number of hydrogen-bond donors (Lipinski definition) is 3. The summed E-state index contributed by atoms with van der Waals surface area (Å²) < 4.78 is 65.4. The van der Waals surface area contributed by atoms with Gasteiger partial charge in [-0.1, -0.05) is 12.1 Å². The third-order valence-corrected chi connectivity index (χ3v) is 8.04. The van der Waals surface area contributed by atoms with Crippen LogP contribution in [-0.2, 0) is 17.5 Å². The van der Waals surface area contributed by atoms with Gasteiger partial charge in [0.05, 0.1) is 28.9 Å². The zero-order valence-corrected chi connectivity index (χ0v) is 26.4. The number of rotatable bonds is 11. The minimum atomic E-state index is -4.64. The van der Waals surface area contributed by atoms with Crippen LogP contribution >= 0.6 is 22.6 Å². The van der Waals surface area contributed by atoms with Crippen molar-refractivity contribution >= 4 is 40.7 Å². The van der Waals surface area contributed by atoms with Gasteiger partial charge in [-0.05, 0) is 82.8 Å². The SMILES string of the molecule is COc1cc(C=O)cc(I)c1OC1C=C(C(=O)NCCO)CC(N(Cc2ccc(F)cc2)C(=O)c2ccc(C(F)(F)F)cc2)C1O. The van der Waals surface area contributed by atoms with Crippen LogP contribution in [0.4, 0.5) is 17.6 Å². The van der Waals surface area contributed by atoms with Gasteiger partial charge in [0.1, 0.15) is 24.3 Å². The molecule has 0 heterocycles. The van der Waals surface area contributed by atoms with E-state index in [9.17, 15) is 42.2 Å². The highest BCUT2D eigenvalue weighted by Crippen LogP contribution is 2.37. The van der Waals surface area contributed by atoms with Gasteiger partial charge in [-0.2, -0.15) is 13.2 Å². The highest BCUT2D eigenvalue weighted by atomic mass is 127. The van der Waals surface area contributed by atoms with Crippen LogP contribution in [0, 0.1) is 9.39 Å². The van der Waals surface area contributed by atoms with E-state index in [4.69, 9.17) is 9.47 Å². The number of methoxy groups -OCH3 is 1. The van der Waals surface area contributed by atoms with Crippen LogP contribution < -0.4 is 14.8 Å². The normalized spacial score (nSPS) is 17.9. The van der Waals surface area contributed by atoms with Gasteiger partial charge in [-0.15, -0.1) is 0 Å². The fourth-order valence-electron chi connectivity index (χ4n) is 4.93. The van der Waals surface area contributed by atoms with Crippen LogP contribution in [0.5, 0.6) is 11.5 Å². The molecule has 0 bridgehead atoms. The van der Waals surface area contributed by atoms with E-state index < -0.39 is 47.6 Å². The van der Waals surface area contributed by atoms with Crippen LogP contribution in [-0.4, -0.2) is 71.7 Å². The molecule has 3 aromatic rings. The lowest BCUT2D eigenvalue weighted by atomic mass is 9.87. The number of halogens is 5. The average molecular weight is 756 g/mol. The fourth-order valence-corrected chi connectivity index (χ4v) is 5.68. The van der Waals surface area contributed by atoms with E-state index in [1.54, 1.807) is 0 Å².